The minimum atomic E-state index is -5.00. The molecular formula is C16H14F4N2O4. The lowest BCUT2D eigenvalue weighted by Gasteiger charge is -2.27. The molecule has 10 heteroatoms. The number of amides is 1. The number of methoxy groups -OCH3 is 1. The van der Waals surface area contributed by atoms with Crippen LogP contribution in [0.15, 0.2) is 18.2 Å². The van der Waals surface area contributed by atoms with Crippen LogP contribution in [0.25, 0.3) is 10.9 Å². The molecule has 0 aliphatic carbocycles. The maximum atomic E-state index is 13.9. The molecule has 1 saturated heterocycles. The van der Waals surface area contributed by atoms with Gasteiger partial charge < -0.3 is 19.7 Å². The van der Waals surface area contributed by atoms with Crippen LogP contribution in [-0.4, -0.2) is 53.2 Å². The Morgan fingerprint density at radius 3 is 2.58 bits per heavy atom. The molecule has 1 amide bonds. The maximum absolute atomic E-state index is 13.9. The lowest BCUT2D eigenvalue weighted by molar-refractivity contribution is -0.227. The highest BCUT2D eigenvalue weighted by Gasteiger charge is 2.64. The fourth-order valence-electron chi connectivity index (χ4n) is 3.13. The molecule has 0 spiro atoms. The number of H-pyrrole nitrogens is 1. The number of nitrogens with zero attached hydrogens (tertiary/aromatic N) is 1. The third-order valence-corrected chi connectivity index (χ3v) is 4.66. The number of aliphatic carboxylic acids is 1. The minimum absolute atomic E-state index is 0.0211. The molecule has 2 N–H and O–H groups in total. The van der Waals surface area contributed by atoms with E-state index in [9.17, 15) is 27.2 Å². The second-order valence-corrected chi connectivity index (χ2v) is 6.08. The molecule has 1 atom stereocenters. The topological polar surface area (TPSA) is 82.6 Å². The van der Waals surface area contributed by atoms with Crippen molar-refractivity contribution in [2.24, 2.45) is 5.41 Å². The quantitative estimate of drug-likeness (QED) is 0.810. The molecule has 1 aromatic carbocycles. The van der Waals surface area contributed by atoms with E-state index in [0.29, 0.717) is 0 Å². The van der Waals surface area contributed by atoms with E-state index < -0.39 is 42.3 Å². The van der Waals surface area contributed by atoms with Crippen LogP contribution in [0.4, 0.5) is 17.6 Å². The first kappa shape index (κ1) is 18.0. The van der Waals surface area contributed by atoms with E-state index in [-0.39, 0.29) is 28.9 Å². The second kappa shape index (κ2) is 5.89. The molecule has 1 aromatic heterocycles. The normalized spacial score (nSPS) is 20.6. The predicted molar refractivity (Wildman–Crippen MR) is 81.5 cm³/mol. The summed E-state index contributed by atoms with van der Waals surface area (Å²) < 4.78 is 58.7. The Kier molecular flexibility index (Phi) is 4.08. The van der Waals surface area contributed by atoms with Gasteiger partial charge in [-0.3, -0.25) is 9.59 Å². The van der Waals surface area contributed by atoms with E-state index in [1.165, 1.54) is 19.2 Å². The van der Waals surface area contributed by atoms with Crippen LogP contribution in [0.1, 0.15) is 16.9 Å². The number of carboxylic acid groups (broad SMARTS) is 1. The van der Waals surface area contributed by atoms with Crippen LogP contribution < -0.4 is 4.74 Å². The van der Waals surface area contributed by atoms with Gasteiger partial charge in [-0.05, 0) is 24.6 Å². The van der Waals surface area contributed by atoms with E-state index in [1.54, 1.807) is 0 Å². The third kappa shape index (κ3) is 2.56. The Morgan fingerprint density at radius 1 is 1.35 bits per heavy atom. The zero-order valence-corrected chi connectivity index (χ0v) is 13.5. The summed E-state index contributed by atoms with van der Waals surface area (Å²) in [5.41, 5.74) is -3.17. The molecule has 0 radical (unpaired) electrons. The largest absolute Gasteiger partial charge is 0.496 e. The second-order valence-electron chi connectivity index (χ2n) is 6.08. The summed E-state index contributed by atoms with van der Waals surface area (Å²) in [7, 11) is 1.35. The van der Waals surface area contributed by atoms with E-state index >= 15 is 0 Å². The first-order chi connectivity index (χ1) is 12.1. The van der Waals surface area contributed by atoms with Gasteiger partial charge >= 0.3 is 12.1 Å². The molecule has 140 valence electrons. The van der Waals surface area contributed by atoms with Crippen LogP contribution in [0.2, 0.25) is 0 Å². The molecule has 0 saturated carbocycles. The molecule has 2 heterocycles. The Hall–Kier alpha value is -2.78. The molecule has 6 nitrogen and oxygen atoms in total. The van der Waals surface area contributed by atoms with Crippen molar-refractivity contribution in [3.63, 3.8) is 0 Å². The highest BCUT2D eigenvalue weighted by Crippen LogP contribution is 2.46. The van der Waals surface area contributed by atoms with E-state index in [2.05, 4.69) is 4.98 Å². The van der Waals surface area contributed by atoms with Gasteiger partial charge in [0.05, 0.1) is 12.6 Å². The SMILES string of the molecule is COc1ccc(F)c2[nH]c(C(=O)N3CCC(C(=O)O)(C(F)(F)F)C3)cc12. The van der Waals surface area contributed by atoms with Crippen LogP contribution in [0.5, 0.6) is 5.75 Å². The van der Waals surface area contributed by atoms with Gasteiger partial charge in [-0.15, -0.1) is 0 Å². The number of ether oxygens (including phenoxy) is 1. The first-order valence-electron chi connectivity index (χ1n) is 7.55. The summed E-state index contributed by atoms with van der Waals surface area (Å²) in [4.78, 5) is 27.1. The van der Waals surface area contributed by atoms with Gasteiger partial charge in [0.25, 0.3) is 5.91 Å². The molecule has 2 aromatic rings. The van der Waals surface area contributed by atoms with Crippen molar-refractivity contribution < 1.29 is 37.0 Å². The number of likely N-dealkylation sites (tertiary alicyclic amines) is 1. The number of aromatic amines is 1. The molecule has 26 heavy (non-hydrogen) atoms. The molecule has 0 bridgehead atoms. The number of nitrogens with one attached hydrogen (secondary N) is 1. The van der Waals surface area contributed by atoms with Crippen LogP contribution >= 0.6 is 0 Å². The molecule has 1 fully saturated rings. The van der Waals surface area contributed by atoms with Crippen LogP contribution in [-0.2, 0) is 4.79 Å². The number of halogens is 4. The molecule has 1 aliphatic rings. The number of rotatable bonds is 3. The number of aromatic nitrogens is 1. The van der Waals surface area contributed by atoms with Crippen molar-refractivity contribution in [2.45, 2.75) is 12.6 Å². The van der Waals surface area contributed by atoms with Gasteiger partial charge in [-0.1, -0.05) is 0 Å². The van der Waals surface area contributed by atoms with Crippen molar-refractivity contribution >= 4 is 22.8 Å². The zero-order valence-electron chi connectivity index (χ0n) is 13.5. The average molecular weight is 374 g/mol. The maximum Gasteiger partial charge on any atom is 0.406 e. The zero-order chi connectivity index (χ0) is 19.3. The van der Waals surface area contributed by atoms with E-state index in [1.807, 2.05) is 0 Å². The van der Waals surface area contributed by atoms with Crippen molar-refractivity contribution in [1.82, 2.24) is 9.88 Å². The smallest absolute Gasteiger partial charge is 0.406 e. The number of fused-ring (bicyclic) bond motifs is 1. The fourth-order valence-corrected chi connectivity index (χ4v) is 3.13. The van der Waals surface area contributed by atoms with Crippen LogP contribution in [0, 0.1) is 11.2 Å². The number of benzene rings is 1. The Balaban J connectivity index is 1.95. The first-order valence-corrected chi connectivity index (χ1v) is 7.55. The van der Waals surface area contributed by atoms with Crippen molar-refractivity contribution in [2.75, 3.05) is 20.2 Å². The van der Waals surface area contributed by atoms with E-state index in [4.69, 9.17) is 9.84 Å². The third-order valence-electron chi connectivity index (χ3n) is 4.66. The highest BCUT2D eigenvalue weighted by atomic mass is 19.4. The summed E-state index contributed by atoms with van der Waals surface area (Å²) in [5, 5.41) is 9.32. The monoisotopic (exact) mass is 374 g/mol. The summed E-state index contributed by atoms with van der Waals surface area (Å²) >= 11 is 0. The van der Waals surface area contributed by atoms with E-state index in [0.717, 1.165) is 11.0 Å². The van der Waals surface area contributed by atoms with Gasteiger partial charge in [-0.2, -0.15) is 13.2 Å². The Bertz CT molecular complexity index is 892. The Labute approximate surface area is 144 Å². The number of carbonyl (C=O) groups excluding carboxylic acids is 1. The molecular weight excluding hydrogens is 360 g/mol. The summed E-state index contributed by atoms with van der Waals surface area (Å²) in [6.45, 7) is -1.38. The number of carbonyl (C=O) groups is 2. The number of carboxylic acids is 1. The molecule has 3 rings (SSSR count). The number of hydrogen-bond donors (Lipinski definition) is 2. The standard InChI is InChI=1S/C16H14F4N2O4/c1-26-11-3-2-9(17)12-8(11)6-10(21-12)13(23)22-5-4-15(7-22,14(24)25)16(18,19)20/h2-3,6,21H,4-5,7H2,1H3,(H,24,25). The number of hydrogen-bond acceptors (Lipinski definition) is 3. The van der Waals surface area contributed by atoms with Gasteiger partial charge in [0.1, 0.15) is 17.3 Å². The predicted octanol–water partition coefficient (Wildman–Crippen LogP) is 2.79. The van der Waals surface area contributed by atoms with Gasteiger partial charge in [-0.25, -0.2) is 4.39 Å². The fraction of sp³-hybridized carbons (Fsp3) is 0.375. The summed E-state index contributed by atoms with van der Waals surface area (Å²) in [6, 6.07) is 3.75. The Morgan fingerprint density at radius 2 is 2.04 bits per heavy atom. The summed E-state index contributed by atoms with van der Waals surface area (Å²) in [5.74, 6) is -3.23. The number of alkyl halides is 3. The summed E-state index contributed by atoms with van der Waals surface area (Å²) in [6.07, 6.45) is -5.74. The van der Waals surface area contributed by atoms with Gasteiger partial charge in [0, 0.05) is 18.5 Å². The molecule has 1 unspecified atom stereocenters. The van der Waals surface area contributed by atoms with Crippen LogP contribution in [0.3, 0.4) is 0 Å². The van der Waals surface area contributed by atoms with Gasteiger partial charge in [0.2, 0.25) is 0 Å². The van der Waals surface area contributed by atoms with Crippen molar-refractivity contribution in [1.29, 1.82) is 0 Å². The minimum Gasteiger partial charge on any atom is -0.496 e. The van der Waals surface area contributed by atoms with Crippen molar-refractivity contribution in [3.05, 3.63) is 29.7 Å². The average Bonchev–Trinajstić information content (AvgIpc) is 3.20. The van der Waals surface area contributed by atoms with Crippen molar-refractivity contribution in [3.8, 4) is 5.75 Å². The molecule has 1 aliphatic heterocycles. The lowest BCUT2D eigenvalue weighted by atomic mass is 9.86. The highest BCUT2D eigenvalue weighted by molar-refractivity contribution is 6.00. The van der Waals surface area contributed by atoms with Gasteiger partial charge in [0.15, 0.2) is 5.41 Å². The lowest BCUT2D eigenvalue weighted by Crippen LogP contribution is -2.47.